The van der Waals surface area contributed by atoms with Crippen LogP contribution in [0.4, 0.5) is 0 Å². The molecule has 34 heavy (non-hydrogen) atoms. The Morgan fingerprint density at radius 2 is 1.68 bits per heavy atom. The lowest BCUT2D eigenvalue weighted by atomic mass is 9.94. The third kappa shape index (κ3) is 6.62. The lowest BCUT2D eigenvalue weighted by molar-refractivity contribution is -0.133. The van der Waals surface area contributed by atoms with Gasteiger partial charge in [0, 0.05) is 22.3 Å². The second-order valence-corrected chi connectivity index (χ2v) is 7.73. The maximum atomic E-state index is 12.4. The van der Waals surface area contributed by atoms with E-state index in [1.807, 2.05) is 24.3 Å². The number of oxime groups is 1. The van der Waals surface area contributed by atoms with Gasteiger partial charge in [0.2, 0.25) is 0 Å². The average Bonchev–Trinajstić information content (AvgIpc) is 2.85. The molecular weight excluding hydrogens is 436 g/mol. The lowest BCUT2D eigenvalue weighted by Crippen LogP contribution is -2.13. The standard InChI is InChI=1S/C26H32N2O6/c1-17(2)15-33-20-13-11-19(12-14-20)24(28-32-6)18(3)25(34-27)22-10-8-7-9-21(22)23(16-30-4)26(29)31-5/h7-14,16-17H,15,27H2,1-6H3. The minimum atomic E-state index is -0.564. The topological polar surface area (TPSA) is 102 Å². The van der Waals surface area contributed by atoms with Crippen molar-refractivity contribution < 1.29 is 28.7 Å². The molecule has 0 fully saturated rings. The number of nitrogens with two attached hydrogens (primary N) is 1. The molecule has 0 heterocycles. The third-order valence-electron chi connectivity index (χ3n) is 4.81. The number of ether oxygens (including phenoxy) is 3. The first-order valence-electron chi connectivity index (χ1n) is 10.7. The fraction of sp³-hybridized carbons (Fsp3) is 0.308. The summed E-state index contributed by atoms with van der Waals surface area (Å²) in [6, 6.07) is 14.6. The number of hydrogen-bond donors (Lipinski definition) is 1. The number of carbonyl (C=O) groups excluding carboxylic acids is 1. The Morgan fingerprint density at radius 1 is 1.03 bits per heavy atom. The van der Waals surface area contributed by atoms with Crippen LogP contribution in [-0.2, 0) is 23.9 Å². The molecule has 0 saturated heterocycles. The number of methoxy groups -OCH3 is 2. The first-order valence-corrected chi connectivity index (χ1v) is 10.7. The van der Waals surface area contributed by atoms with E-state index in [-0.39, 0.29) is 5.57 Å². The molecule has 0 radical (unpaired) electrons. The Hall–Kier alpha value is -3.78. The molecule has 0 aliphatic heterocycles. The van der Waals surface area contributed by atoms with Gasteiger partial charge < -0.3 is 23.9 Å². The smallest absolute Gasteiger partial charge is 0.341 e. The van der Waals surface area contributed by atoms with Crippen molar-refractivity contribution in [3.8, 4) is 5.75 Å². The first kappa shape index (κ1) is 26.5. The number of allylic oxidation sites excluding steroid dienone is 1. The van der Waals surface area contributed by atoms with E-state index in [1.54, 1.807) is 31.2 Å². The normalized spacial score (nSPS) is 12.7. The molecular formula is C26H32N2O6. The fourth-order valence-electron chi connectivity index (χ4n) is 3.23. The largest absolute Gasteiger partial charge is 0.503 e. The van der Waals surface area contributed by atoms with Gasteiger partial charge in [0.1, 0.15) is 24.1 Å². The summed E-state index contributed by atoms with van der Waals surface area (Å²) < 4.78 is 15.8. The van der Waals surface area contributed by atoms with Gasteiger partial charge >= 0.3 is 5.97 Å². The van der Waals surface area contributed by atoms with Gasteiger partial charge in [-0.15, -0.1) is 0 Å². The Morgan fingerprint density at radius 3 is 2.21 bits per heavy atom. The van der Waals surface area contributed by atoms with Crippen LogP contribution in [0.2, 0.25) is 0 Å². The maximum absolute atomic E-state index is 12.4. The fourth-order valence-corrected chi connectivity index (χ4v) is 3.23. The molecule has 2 aromatic carbocycles. The summed E-state index contributed by atoms with van der Waals surface area (Å²) in [5.74, 6) is 6.63. The number of benzene rings is 2. The molecule has 0 aliphatic carbocycles. The van der Waals surface area contributed by atoms with Crippen molar-refractivity contribution in [3.05, 3.63) is 77.1 Å². The third-order valence-corrected chi connectivity index (χ3v) is 4.81. The van der Waals surface area contributed by atoms with Gasteiger partial charge in [0.15, 0.2) is 5.76 Å². The molecule has 0 amide bonds. The summed E-state index contributed by atoms with van der Waals surface area (Å²) in [4.78, 5) is 22.8. The Labute approximate surface area is 200 Å². The van der Waals surface area contributed by atoms with Crippen molar-refractivity contribution in [1.82, 2.24) is 0 Å². The predicted molar refractivity (Wildman–Crippen MR) is 132 cm³/mol. The molecule has 2 rings (SSSR count). The molecule has 182 valence electrons. The number of rotatable bonds is 11. The van der Waals surface area contributed by atoms with Crippen LogP contribution in [-0.4, -0.2) is 39.6 Å². The van der Waals surface area contributed by atoms with Gasteiger partial charge in [-0.3, -0.25) is 0 Å². The van der Waals surface area contributed by atoms with Crippen LogP contribution in [0.5, 0.6) is 5.75 Å². The summed E-state index contributed by atoms with van der Waals surface area (Å²) >= 11 is 0. The monoisotopic (exact) mass is 468 g/mol. The van der Waals surface area contributed by atoms with E-state index in [0.29, 0.717) is 40.7 Å². The Bertz CT molecular complexity index is 1060. The van der Waals surface area contributed by atoms with E-state index >= 15 is 0 Å². The summed E-state index contributed by atoms with van der Waals surface area (Å²) in [5.41, 5.74) is 3.14. The molecule has 8 nitrogen and oxygen atoms in total. The molecule has 0 saturated carbocycles. The van der Waals surface area contributed by atoms with Crippen molar-refractivity contribution in [1.29, 1.82) is 0 Å². The van der Waals surface area contributed by atoms with Gasteiger partial charge in [-0.2, -0.15) is 5.90 Å². The SMILES string of the molecule is COC=C(C(=O)OC)c1ccccc1C(ON)=C(C)C(=NOC)c1ccc(OCC(C)C)cc1. The van der Waals surface area contributed by atoms with E-state index < -0.39 is 5.97 Å². The summed E-state index contributed by atoms with van der Waals surface area (Å²) in [7, 11) is 4.21. The maximum Gasteiger partial charge on any atom is 0.341 e. The highest BCUT2D eigenvalue weighted by molar-refractivity contribution is 6.19. The predicted octanol–water partition coefficient (Wildman–Crippen LogP) is 4.55. The number of hydrogen-bond acceptors (Lipinski definition) is 8. The second-order valence-electron chi connectivity index (χ2n) is 7.73. The van der Waals surface area contributed by atoms with Crippen LogP contribution in [0.3, 0.4) is 0 Å². The Balaban J connectivity index is 2.59. The minimum absolute atomic E-state index is 0.208. The van der Waals surface area contributed by atoms with Crippen LogP contribution in [0.15, 0.2) is 65.5 Å². The highest BCUT2D eigenvalue weighted by Crippen LogP contribution is 2.30. The number of carbonyl (C=O) groups is 1. The van der Waals surface area contributed by atoms with Crippen LogP contribution in [0, 0.1) is 5.92 Å². The molecule has 0 spiro atoms. The quantitative estimate of drug-likeness (QED) is 0.170. The summed E-state index contributed by atoms with van der Waals surface area (Å²) in [6.45, 7) is 6.60. The number of esters is 1. The van der Waals surface area contributed by atoms with E-state index in [1.165, 1.54) is 27.6 Å². The van der Waals surface area contributed by atoms with E-state index in [2.05, 4.69) is 19.0 Å². The molecule has 0 atom stereocenters. The highest BCUT2D eigenvalue weighted by atomic mass is 16.6. The summed E-state index contributed by atoms with van der Waals surface area (Å²) in [6.07, 6.45) is 1.31. The molecule has 2 N–H and O–H groups in total. The van der Waals surface area contributed by atoms with Gasteiger partial charge in [0.25, 0.3) is 0 Å². The molecule has 2 aromatic rings. The Kier molecular flexibility index (Phi) is 10.2. The first-order chi connectivity index (χ1) is 16.4. The van der Waals surface area contributed by atoms with Crippen LogP contribution in [0.25, 0.3) is 11.3 Å². The average molecular weight is 469 g/mol. The number of nitrogens with zero attached hydrogens (tertiary/aromatic N) is 1. The van der Waals surface area contributed by atoms with E-state index in [0.717, 1.165) is 11.3 Å². The van der Waals surface area contributed by atoms with Crippen molar-refractivity contribution in [2.45, 2.75) is 20.8 Å². The highest BCUT2D eigenvalue weighted by Gasteiger charge is 2.23. The van der Waals surface area contributed by atoms with Gasteiger partial charge in [-0.05, 0) is 37.1 Å². The lowest BCUT2D eigenvalue weighted by Gasteiger charge is -2.17. The molecule has 0 unspecified atom stereocenters. The zero-order valence-electron chi connectivity index (χ0n) is 20.5. The molecule has 0 aliphatic rings. The molecule has 0 aromatic heterocycles. The van der Waals surface area contributed by atoms with Gasteiger partial charge in [-0.25, -0.2) is 4.79 Å². The zero-order valence-corrected chi connectivity index (χ0v) is 20.5. The van der Waals surface area contributed by atoms with E-state index in [4.69, 9.17) is 29.8 Å². The van der Waals surface area contributed by atoms with Crippen LogP contribution in [0.1, 0.15) is 37.5 Å². The minimum Gasteiger partial charge on any atom is -0.503 e. The van der Waals surface area contributed by atoms with Crippen LogP contribution < -0.4 is 10.6 Å². The molecule has 0 bridgehead atoms. The van der Waals surface area contributed by atoms with Crippen molar-refractivity contribution >= 4 is 23.0 Å². The van der Waals surface area contributed by atoms with Crippen molar-refractivity contribution in [3.63, 3.8) is 0 Å². The zero-order chi connectivity index (χ0) is 25.1. The van der Waals surface area contributed by atoms with Crippen molar-refractivity contribution in [2.75, 3.05) is 27.9 Å². The summed E-state index contributed by atoms with van der Waals surface area (Å²) in [5, 5.41) is 4.21. The molecule has 8 heteroatoms. The van der Waals surface area contributed by atoms with Crippen molar-refractivity contribution in [2.24, 2.45) is 17.0 Å². The second kappa shape index (κ2) is 13.1. The van der Waals surface area contributed by atoms with Crippen LogP contribution >= 0.6 is 0 Å². The van der Waals surface area contributed by atoms with Gasteiger partial charge in [0.05, 0.1) is 27.1 Å². The van der Waals surface area contributed by atoms with E-state index in [9.17, 15) is 4.79 Å². The van der Waals surface area contributed by atoms with Gasteiger partial charge in [-0.1, -0.05) is 43.3 Å².